The molecular formula is C21H21Cl2N3. The number of halogens is 2. The minimum Gasteiger partial charge on any atom is -0.331 e. The number of aromatic nitrogens is 1. The monoisotopic (exact) mass is 385 g/mol. The average molecular weight is 386 g/mol. The molecule has 3 aromatic rings. The number of likely N-dealkylation sites (N-methyl/N-ethyl adjacent to an activating group) is 1. The van der Waals surface area contributed by atoms with Crippen LogP contribution in [0.15, 0.2) is 42.5 Å². The molecule has 3 nitrogen and oxygen atoms in total. The minimum absolute atomic E-state index is 0.627. The van der Waals surface area contributed by atoms with Crippen molar-refractivity contribution < 1.29 is 0 Å². The van der Waals surface area contributed by atoms with Gasteiger partial charge in [-0.15, -0.1) is 0 Å². The van der Waals surface area contributed by atoms with Gasteiger partial charge in [-0.2, -0.15) is 5.26 Å². The molecule has 0 atom stereocenters. The zero-order valence-corrected chi connectivity index (χ0v) is 16.5. The van der Waals surface area contributed by atoms with Crippen LogP contribution in [0.4, 0.5) is 0 Å². The smallest absolute Gasteiger partial charge is 0.129 e. The van der Waals surface area contributed by atoms with Crippen molar-refractivity contribution >= 4 is 34.1 Å². The molecule has 0 saturated carbocycles. The van der Waals surface area contributed by atoms with Crippen molar-refractivity contribution in [2.75, 3.05) is 19.6 Å². The number of fused-ring (bicyclic) bond motifs is 1. The Morgan fingerprint density at radius 3 is 2.46 bits per heavy atom. The van der Waals surface area contributed by atoms with E-state index >= 15 is 0 Å². The summed E-state index contributed by atoms with van der Waals surface area (Å²) in [7, 11) is 0. The van der Waals surface area contributed by atoms with Crippen LogP contribution in [0.2, 0.25) is 10.0 Å². The van der Waals surface area contributed by atoms with Gasteiger partial charge in [-0.1, -0.05) is 55.2 Å². The fraction of sp³-hybridized carbons (Fsp3) is 0.286. The van der Waals surface area contributed by atoms with Crippen molar-refractivity contribution in [1.29, 1.82) is 5.26 Å². The molecule has 0 fully saturated rings. The molecule has 134 valence electrons. The van der Waals surface area contributed by atoms with Crippen LogP contribution < -0.4 is 0 Å². The SMILES string of the molecule is CCN(CC)CCn1c(C#N)c(-c2ccccc2Cl)c2cc(Cl)ccc21. The Balaban J connectivity index is 2.23. The molecule has 1 heterocycles. The van der Waals surface area contributed by atoms with Crippen molar-refractivity contribution in [1.82, 2.24) is 9.47 Å². The van der Waals surface area contributed by atoms with Crippen molar-refractivity contribution in [2.24, 2.45) is 0 Å². The van der Waals surface area contributed by atoms with Gasteiger partial charge in [0, 0.05) is 45.2 Å². The van der Waals surface area contributed by atoms with E-state index < -0.39 is 0 Å². The molecule has 0 aliphatic heterocycles. The van der Waals surface area contributed by atoms with Crippen LogP contribution >= 0.6 is 23.2 Å². The highest BCUT2D eigenvalue weighted by Crippen LogP contribution is 2.39. The number of hydrogen-bond acceptors (Lipinski definition) is 2. The van der Waals surface area contributed by atoms with Crippen molar-refractivity contribution in [2.45, 2.75) is 20.4 Å². The van der Waals surface area contributed by atoms with Gasteiger partial charge in [0.1, 0.15) is 11.8 Å². The molecule has 0 aliphatic carbocycles. The molecule has 0 aliphatic rings. The van der Waals surface area contributed by atoms with E-state index in [0.717, 1.165) is 48.2 Å². The first-order valence-corrected chi connectivity index (χ1v) is 9.55. The fourth-order valence-electron chi connectivity index (χ4n) is 3.39. The molecule has 0 bridgehead atoms. The van der Waals surface area contributed by atoms with E-state index in [9.17, 15) is 5.26 Å². The summed E-state index contributed by atoms with van der Waals surface area (Å²) < 4.78 is 2.09. The number of nitrogens with zero attached hydrogens (tertiary/aromatic N) is 3. The van der Waals surface area contributed by atoms with Crippen LogP contribution in [0.3, 0.4) is 0 Å². The largest absolute Gasteiger partial charge is 0.331 e. The number of benzene rings is 2. The summed E-state index contributed by atoms with van der Waals surface area (Å²) in [5.41, 5.74) is 3.35. The van der Waals surface area contributed by atoms with Gasteiger partial charge in [-0.3, -0.25) is 0 Å². The van der Waals surface area contributed by atoms with Crippen LogP contribution in [0.5, 0.6) is 0 Å². The summed E-state index contributed by atoms with van der Waals surface area (Å²) in [5, 5.41) is 12.2. The van der Waals surface area contributed by atoms with E-state index in [1.165, 1.54) is 0 Å². The highest BCUT2D eigenvalue weighted by Gasteiger charge is 2.20. The van der Waals surface area contributed by atoms with Crippen LogP contribution in [0.25, 0.3) is 22.0 Å². The Morgan fingerprint density at radius 1 is 1.08 bits per heavy atom. The van der Waals surface area contributed by atoms with Crippen LogP contribution in [-0.4, -0.2) is 29.1 Å². The second-order valence-corrected chi connectivity index (χ2v) is 7.00. The first-order chi connectivity index (χ1) is 12.6. The summed E-state index contributed by atoms with van der Waals surface area (Å²) in [6, 6.07) is 15.8. The quantitative estimate of drug-likeness (QED) is 0.534. The lowest BCUT2D eigenvalue weighted by atomic mass is 10.0. The first-order valence-electron chi connectivity index (χ1n) is 8.79. The maximum atomic E-state index is 9.94. The van der Waals surface area contributed by atoms with E-state index in [4.69, 9.17) is 23.2 Å². The summed E-state index contributed by atoms with van der Waals surface area (Å²) >= 11 is 12.7. The number of rotatable bonds is 6. The Labute approximate surface area is 164 Å². The third-order valence-corrected chi connectivity index (χ3v) is 5.37. The zero-order valence-electron chi connectivity index (χ0n) is 15.0. The summed E-state index contributed by atoms with van der Waals surface area (Å²) in [6.07, 6.45) is 0. The van der Waals surface area contributed by atoms with Gasteiger partial charge in [-0.05, 0) is 37.4 Å². The Morgan fingerprint density at radius 2 is 1.81 bits per heavy atom. The molecule has 1 aromatic heterocycles. The molecule has 2 aromatic carbocycles. The van der Waals surface area contributed by atoms with Crippen molar-refractivity contribution in [3.8, 4) is 17.2 Å². The highest BCUT2D eigenvalue weighted by atomic mass is 35.5. The highest BCUT2D eigenvalue weighted by molar-refractivity contribution is 6.34. The lowest BCUT2D eigenvalue weighted by Crippen LogP contribution is -2.27. The van der Waals surface area contributed by atoms with Crippen LogP contribution in [0, 0.1) is 11.3 Å². The fourth-order valence-corrected chi connectivity index (χ4v) is 3.80. The third-order valence-electron chi connectivity index (χ3n) is 4.81. The van der Waals surface area contributed by atoms with Gasteiger partial charge in [-0.25, -0.2) is 0 Å². The lowest BCUT2D eigenvalue weighted by Gasteiger charge is -2.19. The van der Waals surface area contributed by atoms with Crippen LogP contribution in [-0.2, 0) is 6.54 Å². The van der Waals surface area contributed by atoms with E-state index in [0.29, 0.717) is 15.7 Å². The molecule has 0 N–H and O–H groups in total. The Hall–Kier alpha value is -1.99. The first kappa shape index (κ1) is 18.8. The van der Waals surface area contributed by atoms with Gasteiger partial charge in [0.05, 0.1) is 0 Å². The van der Waals surface area contributed by atoms with E-state index in [2.05, 4.69) is 29.4 Å². The maximum absolute atomic E-state index is 9.94. The second-order valence-electron chi connectivity index (χ2n) is 6.16. The summed E-state index contributed by atoms with van der Waals surface area (Å²) in [5.74, 6) is 0. The molecule has 0 amide bonds. The van der Waals surface area contributed by atoms with Crippen molar-refractivity contribution in [3.05, 3.63) is 58.2 Å². The Bertz CT molecular complexity index is 965. The van der Waals surface area contributed by atoms with E-state index in [1.54, 1.807) is 0 Å². The molecule has 3 rings (SSSR count). The predicted octanol–water partition coefficient (Wildman–Crippen LogP) is 5.83. The molecule has 0 radical (unpaired) electrons. The Kier molecular flexibility index (Phi) is 5.88. The summed E-state index contributed by atoms with van der Waals surface area (Å²) in [6.45, 7) is 7.90. The van der Waals surface area contributed by atoms with E-state index in [1.807, 2.05) is 42.5 Å². The third kappa shape index (κ3) is 3.46. The molecule has 5 heteroatoms. The minimum atomic E-state index is 0.627. The molecular weight excluding hydrogens is 365 g/mol. The van der Waals surface area contributed by atoms with Crippen molar-refractivity contribution in [3.63, 3.8) is 0 Å². The molecule has 26 heavy (non-hydrogen) atoms. The predicted molar refractivity (Wildman–Crippen MR) is 110 cm³/mol. The maximum Gasteiger partial charge on any atom is 0.129 e. The standard InChI is InChI=1S/C21H21Cl2N3/c1-3-25(4-2)11-12-26-19-10-9-15(22)13-17(19)21(20(26)14-24)16-7-5-6-8-18(16)23/h5-10,13H,3-4,11-12H2,1-2H3. The molecule has 0 unspecified atom stereocenters. The van der Waals surface area contributed by atoms with E-state index in [-0.39, 0.29) is 0 Å². The zero-order chi connectivity index (χ0) is 18.7. The van der Waals surface area contributed by atoms with Gasteiger partial charge >= 0.3 is 0 Å². The van der Waals surface area contributed by atoms with Crippen LogP contribution in [0.1, 0.15) is 19.5 Å². The number of nitriles is 1. The number of hydrogen-bond donors (Lipinski definition) is 0. The van der Waals surface area contributed by atoms with Gasteiger partial charge in [0.2, 0.25) is 0 Å². The molecule has 0 spiro atoms. The van der Waals surface area contributed by atoms with Gasteiger partial charge in [0.25, 0.3) is 0 Å². The van der Waals surface area contributed by atoms with Gasteiger partial charge in [0.15, 0.2) is 0 Å². The van der Waals surface area contributed by atoms with Gasteiger partial charge < -0.3 is 9.47 Å². The second kappa shape index (κ2) is 8.14. The summed E-state index contributed by atoms with van der Waals surface area (Å²) in [4.78, 5) is 2.35. The average Bonchev–Trinajstić information content (AvgIpc) is 2.95. The normalized spacial score (nSPS) is 11.2. The molecule has 0 saturated heterocycles. The topological polar surface area (TPSA) is 32.0 Å². The lowest BCUT2D eigenvalue weighted by molar-refractivity contribution is 0.292.